The van der Waals surface area contributed by atoms with Crippen LogP contribution in [0.1, 0.15) is 23.1 Å². The monoisotopic (exact) mass is 269 g/mol. The van der Waals surface area contributed by atoms with E-state index >= 15 is 0 Å². The number of benzene rings is 1. The molecular formula is C15H19N5. The molecule has 0 aliphatic carbocycles. The minimum Gasteiger partial charge on any atom is -0.352 e. The number of nitrogens with two attached hydrogens (primary N) is 1. The van der Waals surface area contributed by atoms with Crippen molar-refractivity contribution in [1.29, 1.82) is 0 Å². The normalized spacial score (nSPS) is 14.6. The highest BCUT2D eigenvalue weighted by Crippen LogP contribution is 2.25. The van der Waals surface area contributed by atoms with E-state index < -0.39 is 0 Å². The Labute approximate surface area is 118 Å². The Bertz CT molecular complexity index is 611. The molecule has 104 valence electrons. The molecule has 1 aliphatic rings. The average Bonchev–Trinajstić information content (AvgIpc) is 2.70. The van der Waals surface area contributed by atoms with Gasteiger partial charge in [0, 0.05) is 24.8 Å². The van der Waals surface area contributed by atoms with E-state index in [1.54, 1.807) is 0 Å². The van der Waals surface area contributed by atoms with E-state index in [1.165, 1.54) is 11.1 Å². The zero-order valence-corrected chi connectivity index (χ0v) is 11.6. The summed E-state index contributed by atoms with van der Waals surface area (Å²) in [7, 11) is 0. The number of anilines is 2. The maximum atomic E-state index is 5.41. The van der Waals surface area contributed by atoms with E-state index in [0.717, 1.165) is 37.3 Å². The SMILES string of the molecule is Cc1cnc(NN)nc1N1CCCc2ccccc2C1. The lowest BCUT2D eigenvalue weighted by molar-refractivity contribution is 0.750. The average molecular weight is 269 g/mol. The number of nitrogens with one attached hydrogen (secondary N) is 1. The molecule has 1 aromatic heterocycles. The first-order valence-corrected chi connectivity index (χ1v) is 6.90. The molecule has 3 N–H and O–H groups in total. The summed E-state index contributed by atoms with van der Waals surface area (Å²) in [4.78, 5) is 11.0. The molecule has 2 aromatic rings. The molecule has 0 amide bonds. The molecule has 20 heavy (non-hydrogen) atoms. The van der Waals surface area contributed by atoms with Gasteiger partial charge in [-0.15, -0.1) is 0 Å². The minimum absolute atomic E-state index is 0.461. The lowest BCUT2D eigenvalue weighted by Crippen LogP contribution is -2.25. The van der Waals surface area contributed by atoms with Crippen LogP contribution in [0.2, 0.25) is 0 Å². The van der Waals surface area contributed by atoms with Crippen molar-refractivity contribution in [3.8, 4) is 0 Å². The third-order valence-corrected chi connectivity index (χ3v) is 3.73. The van der Waals surface area contributed by atoms with Gasteiger partial charge < -0.3 is 4.90 Å². The van der Waals surface area contributed by atoms with Gasteiger partial charge in [0.1, 0.15) is 5.82 Å². The molecule has 0 atom stereocenters. The number of aromatic nitrogens is 2. The molecule has 0 saturated carbocycles. The van der Waals surface area contributed by atoms with Crippen molar-refractivity contribution in [2.75, 3.05) is 16.9 Å². The summed E-state index contributed by atoms with van der Waals surface area (Å²) in [5, 5.41) is 0. The zero-order valence-electron chi connectivity index (χ0n) is 11.6. The molecule has 5 nitrogen and oxygen atoms in total. The van der Waals surface area contributed by atoms with Gasteiger partial charge in [-0.3, -0.25) is 5.43 Å². The molecule has 2 heterocycles. The molecule has 0 bridgehead atoms. The number of nitrogen functional groups attached to an aromatic ring is 1. The summed E-state index contributed by atoms with van der Waals surface area (Å²) in [5.74, 6) is 6.84. The molecular weight excluding hydrogens is 250 g/mol. The van der Waals surface area contributed by atoms with Crippen LogP contribution < -0.4 is 16.2 Å². The first kappa shape index (κ1) is 12.9. The molecule has 3 rings (SSSR count). The fraction of sp³-hybridized carbons (Fsp3) is 0.333. The van der Waals surface area contributed by atoms with Crippen molar-refractivity contribution in [3.05, 3.63) is 47.2 Å². The van der Waals surface area contributed by atoms with Crippen LogP contribution in [0.5, 0.6) is 0 Å². The van der Waals surface area contributed by atoms with Gasteiger partial charge in [0.15, 0.2) is 0 Å². The molecule has 0 unspecified atom stereocenters. The van der Waals surface area contributed by atoms with Crippen molar-refractivity contribution in [3.63, 3.8) is 0 Å². The number of hydrogen-bond donors (Lipinski definition) is 2. The van der Waals surface area contributed by atoms with E-state index in [4.69, 9.17) is 5.84 Å². The van der Waals surface area contributed by atoms with E-state index in [9.17, 15) is 0 Å². The van der Waals surface area contributed by atoms with Crippen molar-refractivity contribution in [2.24, 2.45) is 5.84 Å². The molecule has 0 saturated heterocycles. The number of aryl methyl sites for hydroxylation is 2. The van der Waals surface area contributed by atoms with Crippen LogP contribution in [0.25, 0.3) is 0 Å². The fourth-order valence-corrected chi connectivity index (χ4v) is 2.70. The van der Waals surface area contributed by atoms with Crippen LogP contribution in [0.15, 0.2) is 30.5 Å². The van der Waals surface area contributed by atoms with Gasteiger partial charge in [0.2, 0.25) is 5.95 Å². The van der Waals surface area contributed by atoms with Gasteiger partial charge in [-0.25, -0.2) is 10.8 Å². The van der Waals surface area contributed by atoms with Crippen molar-refractivity contribution in [2.45, 2.75) is 26.3 Å². The summed E-state index contributed by atoms with van der Waals surface area (Å²) >= 11 is 0. The number of hydrazine groups is 1. The second kappa shape index (κ2) is 5.46. The first-order valence-electron chi connectivity index (χ1n) is 6.90. The van der Waals surface area contributed by atoms with Gasteiger partial charge in [-0.1, -0.05) is 24.3 Å². The minimum atomic E-state index is 0.461. The van der Waals surface area contributed by atoms with Gasteiger partial charge in [-0.05, 0) is 30.9 Å². The van der Waals surface area contributed by atoms with E-state index in [1.807, 2.05) is 13.1 Å². The Balaban J connectivity index is 1.95. The quantitative estimate of drug-likeness (QED) is 0.645. The maximum absolute atomic E-state index is 5.41. The molecule has 0 radical (unpaired) electrons. The van der Waals surface area contributed by atoms with E-state index in [2.05, 4.69) is 44.6 Å². The highest BCUT2D eigenvalue weighted by atomic mass is 15.3. The lowest BCUT2D eigenvalue weighted by Gasteiger charge is -2.23. The Morgan fingerprint density at radius 2 is 2.05 bits per heavy atom. The topological polar surface area (TPSA) is 67.1 Å². The summed E-state index contributed by atoms with van der Waals surface area (Å²) in [6.07, 6.45) is 4.07. The zero-order chi connectivity index (χ0) is 13.9. The predicted octanol–water partition coefficient (Wildman–Crippen LogP) is 2.02. The Morgan fingerprint density at radius 1 is 1.25 bits per heavy atom. The second-order valence-electron chi connectivity index (χ2n) is 5.14. The van der Waals surface area contributed by atoms with E-state index in [0.29, 0.717) is 5.95 Å². The van der Waals surface area contributed by atoms with Crippen LogP contribution in [-0.4, -0.2) is 16.5 Å². The van der Waals surface area contributed by atoms with Gasteiger partial charge in [0.25, 0.3) is 0 Å². The van der Waals surface area contributed by atoms with Crippen LogP contribution in [0.3, 0.4) is 0 Å². The Morgan fingerprint density at radius 3 is 2.85 bits per heavy atom. The van der Waals surface area contributed by atoms with Gasteiger partial charge in [0.05, 0.1) is 0 Å². The molecule has 1 aromatic carbocycles. The highest BCUT2D eigenvalue weighted by Gasteiger charge is 2.17. The molecule has 0 spiro atoms. The number of fused-ring (bicyclic) bond motifs is 1. The second-order valence-corrected chi connectivity index (χ2v) is 5.14. The lowest BCUT2D eigenvalue weighted by atomic mass is 10.0. The summed E-state index contributed by atoms with van der Waals surface area (Å²) in [5.41, 5.74) is 6.42. The van der Waals surface area contributed by atoms with E-state index in [-0.39, 0.29) is 0 Å². The van der Waals surface area contributed by atoms with Crippen LogP contribution in [-0.2, 0) is 13.0 Å². The number of nitrogens with zero attached hydrogens (tertiary/aromatic N) is 3. The standard InChI is InChI=1S/C15H19N5/c1-11-9-17-15(19-16)18-14(11)20-8-4-7-12-5-2-3-6-13(12)10-20/h2-3,5-6,9H,4,7-8,10,16H2,1H3,(H,17,18,19). The number of rotatable bonds is 2. The third kappa shape index (κ3) is 2.44. The Kier molecular flexibility index (Phi) is 3.52. The first-order chi connectivity index (χ1) is 9.78. The van der Waals surface area contributed by atoms with Crippen molar-refractivity contribution < 1.29 is 0 Å². The smallest absolute Gasteiger partial charge is 0.239 e. The Hall–Kier alpha value is -2.14. The summed E-state index contributed by atoms with van der Waals surface area (Å²) in [6, 6.07) is 8.63. The van der Waals surface area contributed by atoms with Crippen LogP contribution in [0, 0.1) is 6.92 Å². The molecule has 1 aliphatic heterocycles. The number of hydrogen-bond acceptors (Lipinski definition) is 5. The van der Waals surface area contributed by atoms with Crippen molar-refractivity contribution >= 4 is 11.8 Å². The predicted molar refractivity (Wildman–Crippen MR) is 80.4 cm³/mol. The summed E-state index contributed by atoms with van der Waals surface area (Å²) < 4.78 is 0. The molecule has 0 fully saturated rings. The largest absolute Gasteiger partial charge is 0.352 e. The highest BCUT2D eigenvalue weighted by molar-refractivity contribution is 5.50. The third-order valence-electron chi connectivity index (χ3n) is 3.73. The van der Waals surface area contributed by atoms with Crippen LogP contribution in [0.4, 0.5) is 11.8 Å². The van der Waals surface area contributed by atoms with Gasteiger partial charge >= 0.3 is 0 Å². The summed E-state index contributed by atoms with van der Waals surface area (Å²) in [6.45, 7) is 3.92. The maximum Gasteiger partial charge on any atom is 0.239 e. The van der Waals surface area contributed by atoms with Crippen molar-refractivity contribution in [1.82, 2.24) is 9.97 Å². The molecule has 5 heteroatoms. The fourth-order valence-electron chi connectivity index (χ4n) is 2.70. The van der Waals surface area contributed by atoms with Gasteiger partial charge in [-0.2, -0.15) is 4.98 Å². The van der Waals surface area contributed by atoms with Crippen LogP contribution >= 0.6 is 0 Å².